The molecule has 2 aromatic rings. The van der Waals surface area contributed by atoms with Gasteiger partial charge in [-0.1, -0.05) is 6.07 Å². The molecule has 3 heterocycles. The average molecular weight is 298 g/mol. The van der Waals surface area contributed by atoms with E-state index in [9.17, 15) is 0 Å². The van der Waals surface area contributed by atoms with E-state index in [2.05, 4.69) is 27.3 Å². The van der Waals surface area contributed by atoms with E-state index in [0.29, 0.717) is 13.2 Å². The van der Waals surface area contributed by atoms with Crippen molar-refractivity contribution in [2.24, 2.45) is 10.7 Å². The minimum atomic E-state index is -0.379. The van der Waals surface area contributed by atoms with Gasteiger partial charge in [-0.15, -0.1) is 0 Å². The summed E-state index contributed by atoms with van der Waals surface area (Å²) in [4.78, 5) is 4.43. The molecule has 114 valence electrons. The lowest BCUT2D eigenvalue weighted by atomic mass is 9.88. The summed E-state index contributed by atoms with van der Waals surface area (Å²) < 4.78 is 11.2. The molecular weight excluding hydrogens is 280 g/mol. The van der Waals surface area contributed by atoms with Crippen molar-refractivity contribution in [1.29, 1.82) is 0 Å². The van der Waals surface area contributed by atoms with Gasteiger partial charge in [0.25, 0.3) is 6.02 Å². The van der Waals surface area contributed by atoms with Crippen LogP contribution in [0.5, 0.6) is 5.75 Å². The maximum atomic E-state index is 5.88. The van der Waals surface area contributed by atoms with Crippen molar-refractivity contribution < 1.29 is 9.47 Å². The molecule has 6 nitrogen and oxygen atoms in total. The number of aromatic amines is 1. The fourth-order valence-electron chi connectivity index (χ4n) is 3.28. The highest BCUT2D eigenvalue weighted by molar-refractivity contribution is 5.74. The Bertz CT molecular complexity index is 761. The summed E-state index contributed by atoms with van der Waals surface area (Å²) in [6.45, 7) is 5.02. The number of H-pyrrole nitrogens is 1. The molecule has 22 heavy (non-hydrogen) atoms. The Hall–Kier alpha value is -2.50. The predicted molar refractivity (Wildman–Crippen MR) is 83.0 cm³/mol. The monoisotopic (exact) mass is 298 g/mol. The fraction of sp³-hybridized carbons (Fsp3) is 0.375. The Balaban J connectivity index is 1.75. The van der Waals surface area contributed by atoms with Crippen LogP contribution in [0.15, 0.2) is 23.2 Å². The molecule has 2 aliphatic rings. The van der Waals surface area contributed by atoms with Gasteiger partial charge in [0.1, 0.15) is 24.5 Å². The molecule has 3 N–H and O–H groups in total. The first kappa shape index (κ1) is 13.2. The third-order valence-corrected chi connectivity index (χ3v) is 4.33. The van der Waals surface area contributed by atoms with Gasteiger partial charge in [-0.3, -0.25) is 5.10 Å². The van der Waals surface area contributed by atoms with Crippen molar-refractivity contribution in [2.45, 2.75) is 25.8 Å². The van der Waals surface area contributed by atoms with E-state index in [0.717, 1.165) is 40.2 Å². The quantitative estimate of drug-likeness (QED) is 0.839. The highest BCUT2D eigenvalue weighted by Crippen LogP contribution is 2.37. The molecule has 6 heteroatoms. The van der Waals surface area contributed by atoms with Crippen LogP contribution < -0.4 is 10.5 Å². The lowest BCUT2D eigenvalue weighted by Gasteiger charge is -2.30. The van der Waals surface area contributed by atoms with Crippen LogP contribution >= 0.6 is 0 Å². The smallest absolute Gasteiger partial charge is 0.282 e. The maximum absolute atomic E-state index is 5.88. The Morgan fingerprint density at radius 3 is 2.73 bits per heavy atom. The normalized spacial score (nSPS) is 22.9. The second kappa shape index (κ2) is 4.50. The van der Waals surface area contributed by atoms with E-state index in [1.54, 1.807) is 0 Å². The van der Waals surface area contributed by atoms with Gasteiger partial charge in [-0.05, 0) is 37.1 Å². The van der Waals surface area contributed by atoms with Gasteiger partial charge >= 0.3 is 0 Å². The summed E-state index contributed by atoms with van der Waals surface area (Å²) in [5.74, 6) is 0.911. The van der Waals surface area contributed by atoms with E-state index < -0.39 is 0 Å². The number of rotatable bonds is 1. The standard InChI is InChI=1S/C16H18N4O2/c1-9-14(10(2)20-19-9)11-3-4-13-12(5-11)6-16(7-21-13)8-22-15(17)18-16/h3-5H,6-8H2,1-2H3,(H2,17,18)(H,19,20). The number of benzene rings is 1. The van der Waals surface area contributed by atoms with Crippen LogP contribution in [0.4, 0.5) is 0 Å². The number of hydrogen-bond donors (Lipinski definition) is 2. The summed E-state index contributed by atoms with van der Waals surface area (Å²) >= 11 is 0. The first-order chi connectivity index (χ1) is 10.6. The number of nitrogens with two attached hydrogens (primary N) is 1. The first-order valence-electron chi connectivity index (χ1n) is 7.32. The molecule has 1 aromatic heterocycles. The Kier molecular flexibility index (Phi) is 2.69. The lowest BCUT2D eigenvalue weighted by molar-refractivity contribution is 0.153. The average Bonchev–Trinajstić information content (AvgIpc) is 3.01. The number of aromatic nitrogens is 2. The summed E-state index contributed by atoms with van der Waals surface area (Å²) in [5, 5.41) is 7.30. The second-order valence-electron chi connectivity index (χ2n) is 6.06. The van der Waals surface area contributed by atoms with Crippen LogP contribution in [-0.4, -0.2) is 35.0 Å². The van der Waals surface area contributed by atoms with Gasteiger partial charge in [-0.2, -0.15) is 5.10 Å². The summed E-state index contributed by atoms with van der Waals surface area (Å²) in [7, 11) is 0. The van der Waals surface area contributed by atoms with Gasteiger partial charge in [0.15, 0.2) is 0 Å². The fourth-order valence-corrected chi connectivity index (χ4v) is 3.28. The molecule has 0 bridgehead atoms. The second-order valence-corrected chi connectivity index (χ2v) is 6.06. The van der Waals surface area contributed by atoms with E-state index >= 15 is 0 Å². The number of nitrogens with zero attached hydrogens (tertiary/aromatic N) is 2. The van der Waals surface area contributed by atoms with Crippen LogP contribution in [-0.2, 0) is 11.2 Å². The SMILES string of the molecule is Cc1n[nH]c(C)c1-c1ccc2c(c1)CC1(COC(N)=N1)CO2. The van der Waals surface area contributed by atoms with Crippen molar-refractivity contribution in [2.75, 3.05) is 13.2 Å². The molecule has 1 unspecified atom stereocenters. The molecule has 0 radical (unpaired) electrons. The predicted octanol–water partition coefficient (Wildman–Crippen LogP) is 1.71. The summed E-state index contributed by atoms with van der Waals surface area (Å²) in [6.07, 6.45) is 0.771. The molecular formula is C16H18N4O2. The molecule has 0 saturated carbocycles. The number of fused-ring (bicyclic) bond motifs is 1. The van der Waals surface area contributed by atoms with Crippen LogP contribution in [0.25, 0.3) is 11.1 Å². The van der Waals surface area contributed by atoms with Gasteiger partial charge in [0, 0.05) is 17.7 Å². The minimum Gasteiger partial charge on any atom is -0.491 e. The molecule has 2 aliphatic heterocycles. The Labute approximate surface area is 128 Å². The number of amidine groups is 1. The summed E-state index contributed by atoms with van der Waals surface area (Å²) in [6, 6.07) is 6.51. The highest BCUT2D eigenvalue weighted by atomic mass is 16.5. The van der Waals surface area contributed by atoms with Gasteiger partial charge in [0.05, 0.1) is 5.69 Å². The Morgan fingerprint density at radius 2 is 2.05 bits per heavy atom. The first-order valence-corrected chi connectivity index (χ1v) is 7.32. The van der Waals surface area contributed by atoms with Crippen LogP contribution in [0.3, 0.4) is 0 Å². The van der Waals surface area contributed by atoms with Gasteiger partial charge in [0.2, 0.25) is 0 Å². The molecule has 0 aliphatic carbocycles. The minimum absolute atomic E-state index is 0.254. The molecule has 0 amide bonds. The van der Waals surface area contributed by atoms with Gasteiger partial charge in [-0.25, -0.2) is 4.99 Å². The van der Waals surface area contributed by atoms with Crippen molar-refractivity contribution in [1.82, 2.24) is 10.2 Å². The third-order valence-electron chi connectivity index (χ3n) is 4.33. The zero-order valence-electron chi connectivity index (χ0n) is 12.6. The van der Waals surface area contributed by atoms with E-state index in [-0.39, 0.29) is 11.6 Å². The van der Waals surface area contributed by atoms with Crippen molar-refractivity contribution in [3.63, 3.8) is 0 Å². The molecule has 4 rings (SSSR count). The Morgan fingerprint density at radius 1 is 1.23 bits per heavy atom. The molecule has 1 spiro atoms. The van der Waals surface area contributed by atoms with Crippen LogP contribution in [0.1, 0.15) is 17.0 Å². The van der Waals surface area contributed by atoms with E-state index in [1.165, 1.54) is 0 Å². The zero-order valence-corrected chi connectivity index (χ0v) is 12.6. The largest absolute Gasteiger partial charge is 0.491 e. The van der Waals surface area contributed by atoms with Crippen LogP contribution in [0, 0.1) is 13.8 Å². The number of hydrogen-bond acceptors (Lipinski definition) is 5. The highest BCUT2D eigenvalue weighted by Gasteiger charge is 2.41. The van der Waals surface area contributed by atoms with E-state index in [4.69, 9.17) is 15.2 Å². The number of nitrogens with one attached hydrogen (secondary N) is 1. The van der Waals surface area contributed by atoms with Crippen molar-refractivity contribution in [3.8, 4) is 16.9 Å². The number of aryl methyl sites for hydroxylation is 2. The maximum Gasteiger partial charge on any atom is 0.282 e. The molecule has 0 fully saturated rings. The van der Waals surface area contributed by atoms with E-state index in [1.807, 2.05) is 19.9 Å². The molecule has 1 atom stereocenters. The number of ether oxygens (including phenoxy) is 2. The lowest BCUT2D eigenvalue weighted by Crippen LogP contribution is -2.41. The summed E-state index contributed by atoms with van der Waals surface area (Å²) in [5.41, 5.74) is 10.8. The molecule has 1 aromatic carbocycles. The van der Waals surface area contributed by atoms with Gasteiger partial charge < -0.3 is 15.2 Å². The van der Waals surface area contributed by atoms with Crippen LogP contribution in [0.2, 0.25) is 0 Å². The zero-order chi connectivity index (χ0) is 15.3. The topological polar surface area (TPSA) is 85.5 Å². The van der Waals surface area contributed by atoms with Crippen molar-refractivity contribution in [3.05, 3.63) is 35.2 Å². The number of aliphatic imine (C=N–C) groups is 1. The third kappa shape index (κ3) is 1.94. The van der Waals surface area contributed by atoms with Crippen molar-refractivity contribution >= 4 is 6.02 Å². The molecule has 0 saturated heterocycles.